The molecule has 0 radical (unpaired) electrons. The van der Waals surface area contributed by atoms with E-state index in [-0.39, 0.29) is 13.2 Å². The summed E-state index contributed by atoms with van der Waals surface area (Å²) < 4.78 is 31.8. The lowest BCUT2D eigenvalue weighted by atomic mass is 9.87. The van der Waals surface area contributed by atoms with Gasteiger partial charge in [-0.1, -0.05) is 161 Å². The van der Waals surface area contributed by atoms with Gasteiger partial charge in [-0.2, -0.15) is 9.13 Å². The van der Waals surface area contributed by atoms with Gasteiger partial charge in [0.05, 0.1) is 35.5 Å². The van der Waals surface area contributed by atoms with Gasteiger partial charge in [0.15, 0.2) is 11.4 Å². The molecule has 0 atom stereocenters. The van der Waals surface area contributed by atoms with Crippen molar-refractivity contribution in [1.29, 1.82) is 0 Å². The van der Waals surface area contributed by atoms with Crippen molar-refractivity contribution in [3.05, 3.63) is 157 Å². The molecule has 7 aromatic rings. The van der Waals surface area contributed by atoms with E-state index in [1.165, 1.54) is 24.2 Å². The molecule has 8 nitrogen and oxygen atoms in total. The Morgan fingerprint density at radius 3 is 1.08 bits per heavy atom. The first kappa shape index (κ1) is 55.6. The molecule has 0 unspecified atom stereocenters. The summed E-state index contributed by atoms with van der Waals surface area (Å²) in [6.07, 6.45) is 11.9. The highest BCUT2D eigenvalue weighted by Crippen LogP contribution is 2.48. The van der Waals surface area contributed by atoms with Gasteiger partial charge in [-0.15, -0.1) is 0 Å². The molecule has 0 aliphatic carbocycles. The molecule has 0 aliphatic rings. The molecule has 0 bridgehead atoms. The van der Waals surface area contributed by atoms with Crippen LogP contribution in [0.25, 0.3) is 67.0 Å². The number of nitrogens with zero attached hydrogens (tertiary/aromatic N) is 2. The summed E-state index contributed by atoms with van der Waals surface area (Å²) in [5, 5.41) is 19.0. The number of hydrogen-bond acceptors (Lipinski definition) is 6. The smallest absolute Gasteiger partial charge is 0.225 e. The standard InChI is InChI=1S/C66H82N2O6/c1-5-7-9-23-37-67-51(3)47-57(53-29-15-11-16-30-53)63(55-33-19-13-20-34-55)65(67)59-49-62(74-46-44-72-42-28-26-40-70)60(50-61(59)73-45-43-71-41-27-25-39-69)66-64(56-35-21-14-22-36-56)58(54-31-17-12-18-32-54)48-52(4)68(66)38-24-10-8-6-2/h11-22,29-36,47-50,69-70H,5-10,23-28,37-46H2,1-4H3/q+2. The van der Waals surface area contributed by atoms with E-state index in [4.69, 9.17) is 18.9 Å². The largest absolute Gasteiger partial charge is 0.490 e. The van der Waals surface area contributed by atoms with Gasteiger partial charge in [0.1, 0.15) is 37.8 Å². The molecule has 2 aromatic heterocycles. The fourth-order valence-electron chi connectivity index (χ4n) is 10.0. The number of unbranched alkanes of at least 4 members (excludes halogenated alkanes) is 8. The van der Waals surface area contributed by atoms with Crippen LogP contribution in [0.2, 0.25) is 0 Å². The Morgan fingerprint density at radius 1 is 0.365 bits per heavy atom. The van der Waals surface area contributed by atoms with Crippen molar-refractivity contribution < 1.29 is 38.3 Å². The van der Waals surface area contributed by atoms with Crippen LogP contribution in [0.15, 0.2) is 146 Å². The normalized spacial score (nSPS) is 11.3. The van der Waals surface area contributed by atoms with Gasteiger partial charge in [0.2, 0.25) is 11.4 Å². The molecule has 0 spiro atoms. The van der Waals surface area contributed by atoms with E-state index >= 15 is 0 Å². The van der Waals surface area contributed by atoms with Crippen LogP contribution in [0.3, 0.4) is 0 Å². The van der Waals surface area contributed by atoms with E-state index in [9.17, 15) is 10.2 Å². The molecule has 0 fully saturated rings. The van der Waals surface area contributed by atoms with Gasteiger partial charge in [-0.3, -0.25) is 0 Å². The van der Waals surface area contributed by atoms with Crippen LogP contribution in [0.4, 0.5) is 0 Å². The zero-order valence-electron chi connectivity index (χ0n) is 44.8. The highest BCUT2D eigenvalue weighted by atomic mass is 16.5. The molecule has 0 amide bonds. The minimum Gasteiger partial charge on any atom is -0.490 e. The monoisotopic (exact) mass is 999 g/mol. The molecular formula is C66H82N2O6+2. The molecule has 74 heavy (non-hydrogen) atoms. The third kappa shape index (κ3) is 15.0. The number of ether oxygens (including phenoxy) is 4. The third-order valence-electron chi connectivity index (χ3n) is 13.8. The fraction of sp³-hybridized carbons (Fsp3) is 0.394. The number of rotatable bonds is 32. The summed E-state index contributed by atoms with van der Waals surface area (Å²) in [6.45, 7) is 13.5. The van der Waals surface area contributed by atoms with Crippen LogP contribution < -0.4 is 18.6 Å². The average molecular weight is 999 g/mol. The van der Waals surface area contributed by atoms with Gasteiger partial charge >= 0.3 is 0 Å². The minimum atomic E-state index is 0.147. The van der Waals surface area contributed by atoms with Gasteiger partial charge in [-0.25, -0.2) is 0 Å². The Hall–Kier alpha value is -6.16. The number of aryl methyl sites for hydroxylation is 2. The second kappa shape index (κ2) is 30.3. The van der Waals surface area contributed by atoms with E-state index in [2.05, 4.69) is 182 Å². The van der Waals surface area contributed by atoms with Gasteiger partial charge in [-0.05, 0) is 72.9 Å². The number of pyridine rings is 2. The van der Waals surface area contributed by atoms with Gasteiger partial charge in [0, 0.05) is 76.4 Å². The van der Waals surface area contributed by atoms with Crippen LogP contribution in [-0.4, -0.2) is 63.1 Å². The van der Waals surface area contributed by atoms with Crippen LogP contribution in [0.1, 0.15) is 102 Å². The number of hydrogen-bond donors (Lipinski definition) is 2. The van der Waals surface area contributed by atoms with E-state index < -0.39 is 0 Å². The minimum absolute atomic E-state index is 0.147. The van der Waals surface area contributed by atoms with Crippen LogP contribution in [-0.2, 0) is 22.6 Å². The van der Waals surface area contributed by atoms with E-state index in [0.717, 1.165) is 143 Å². The Balaban J connectivity index is 1.59. The quantitative estimate of drug-likeness (QED) is 0.0323. The third-order valence-corrected chi connectivity index (χ3v) is 13.8. The molecular weight excluding hydrogens is 917 g/mol. The Morgan fingerprint density at radius 2 is 0.730 bits per heavy atom. The Kier molecular flexibility index (Phi) is 22.7. The number of benzene rings is 5. The lowest BCUT2D eigenvalue weighted by molar-refractivity contribution is -0.692. The van der Waals surface area contributed by atoms with Crippen molar-refractivity contribution in [2.75, 3.05) is 52.9 Å². The summed E-state index contributed by atoms with van der Waals surface area (Å²) in [5.41, 5.74) is 15.4. The first-order chi connectivity index (χ1) is 36.5. The van der Waals surface area contributed by atoms with Crippen molar-refractivity contribution in [1.82, 2.24) is 0 Å². The molecule has 2 N–H and O–H groups in total. The second-order valence-electron chi connectivity index (χ2n) is 19.4. The molecule has 0 aliphatic heterocycles. The lowest BCUT2D eigenvalue weighted by Crippen LogP contribution is -2.41. The lowest BCUT2D eigenvalue weighted by Gasteiger charge is -2.23. The maximum Gasteiger partial charge on any atom is 0.225 e. The number of aliphatic hydroxyl groups excluding tert-OH is 2. The Bertz CT molecular complexity index is 2560. The fourth-order valence-corrected chi connectivity index (χ4v) is 10.0. The first-order valence-electron chi connectivity index (χ1n) is 27.7. The highest BCUT2D eigenvalue weighted by molar-refractivity contribution is 5.97. The van der Waals surface area contributed by atoms with E-state index in [1.54, 1.807) is 0 Å². The van der Waals surface area contributed by atoms with Gasteiger partial charge in [0.25, 0.3) is 0 Å². The summed E-state index contributed by atoms with van der Waals surface area (Å²) in [7, 11) is 0. The van der Waals surface area contributed by atoms with Crippen molar-refractivity contribution in [2.24, 2.45) is 0 Å². The van der Waals surface area contributed by atoms with Crippen LogP contribution in [0, 0.1) is 13.8 Å². The molecule has 5 aromatic carbocycles. The number of aromatic nitrogens is 2. The maximum atomic E-state index is 9.50. The Labute approximate surface area is 442 Å². The average Bonchev–Trinajstić information content (AvgIpc) is 3.44. The highest BCUT2D eigenvalue weighted by Gasteiger charge is 2.34. The topological polar surface area (TPSA) is 85.1 Å². The van der Waals surface area contributed by atoms with Crippen molar-refractivity contribution >= 4 is 0 Å². The second-order valence-corrected chi connectivity index (χ2v) is 19.4. The SMILES string of the molecule is CCCCCC[n+]1c(C)cc(-c2ccccc2)c(-c2ccccc2)c1-c1cc(OCCOCCCCO)c(-c2c(-c3ccccc3)c(-c3ccccc3)cc(C)[n+]2CCCCCC)cc1OCCOCCCCO. The van der Waals surface area contributed by atoms with Crippen molar-refractivity contribution in [3.63, 3.8) is 0 Å². The number of aliphatic hydroxyl groups is 2. The van der Waals surface area contributed by atoms with Crippen molar-refractivity contribution in [3.8, 4) is 78.5 Å². The van der Waals surface area contributed by atoms with Crippen molar-refractivity contribution in [2.45, 2.75) is 118 Å². The predicted molar refractivity (Wildman–Crippen MR) is 302 cm³/mol. The summed E-state index contributed by atoms with van der Waals surface area (Å²) in [6, 6.07) is 52.4. The molecule has 2 heterocycles. The van der Waals surface area contributed by atoms with Crippen LogP contribution in [0.5, 0.6) is 11.5 Å². The molecule has 8 heteroatoms. The summed E-state index contributed by atoms with van der Waals surface area (Å²) >= 11 is 0. The molecule has 7 rings (SSSR count). The van der Waals surface area contributed by atoms with Crippen LogP contribution >= 0.6 is 0 Å². The van der Waals surface area contributed by atoms with Gasteiger partial charge < -0.3 is 29.2 Å². The zero-order valence-corrected chi connectivity index (χ0v) is 44.8. The first-order valence-corrected chi connectivity index (χ1v) is 27.7. The molecule has 0 saturated carbocycles. The predicted octanol–water partition coefficient (Wildman–Crippen LogP) is 14.4. The van der Waals surface area contributed by atoms with E-state index in [1.807, 2.05) is 0 Å². The zero-order chi connectivity index (χ0) is 51.7. The maximum absolute atomic E-state index is 9.50. The summed E-state index contributed by atoms with van der Waals surface area (Å²) in [5.74, 6) is 1.49. The molecule has 390 valence electrons. The summed E-state index contributed by atoms with van der Waals surface area (Å²) in [4.78, 5) is 0. The van der Waals surface area contributed by atoms with E-state index in [0.29, 0.717) is 52.5 Å². The molecule has 0 saturated heterocycles.